The highest BCUT2D eigenvalue weighted by Gasteiger charge is 2.35. The molecule has 0 saturated carbocycles. The van der Waals surface area contributed by atoms with Crippen molar-refractivity contribution in [3.8, 4) is 0 Å². The minimum Gasteiger partial charge on any atom is -0.466 e. The van der Waals surface area contributed by atoms with E-state index < -0.39 is 0 Å². The molecule has 1 aliphatic rings. The van der Waals surface area contributed by atoms with E-state index in [1.165, 1.54) is 19.3 Å². The number of rotatable bonds is 6. The van der Waals surface area contributed by atoms with Gasteiger partial charge in [0.2, 0.25) is 0 Å². The van der Waals surface area contributed by atoms with Gasteiger partial charge in [0.15, 0.2) is 0 Å². The van der Waals surface area contributed by atoms with Crippen molar-refractivity contribution in [2.75, 3.05) is 26.2 Å². The molecule has 0 aliphatic carbocycles. The van der Waals surface area contributed by atoms with Gasteiger partial charge in [-0.3, -0.25) is 9.69 Å². The van der Waals surface area contributed by atoms with E-state index in [1.54, 1.807) is 0 Å². The molecule has 0 aromatic heterocycles. The topological polar surface area (TPSA) is 55.6 Å². The monoisotopic (exact) mass is 256 g/mol. The molecule has 0 amide bonds. The first-order chi connectivity index (χ1) is 8.61. The van der Waals surface area contributed by atoms with Crippen LogP contribution in [0.25, 0.3) is 0 Å². The summed E-state index contributed by atoms with van der Waals surface area (Å²) in [4.78, 5) is 14.5. The van der Waals surface area contributed by atoms with Crippen LogP contribution in [-0.4, -0.2) is 43.2 Å². The fourth-order valence-electron chi connectivity index (χ4n) is 2.98. The highest BCUT2D eigenvalue weighted by molar-refractivity contribution is 5.73. The van der Waals surface area contributed by atoms with E-state index in [4.69, 9.17) is 10.5 Å². The second kappa shape index (κ2) is 7.74. The van der Waals surface area contributed by atoms with Crippen molar-refractivity contribution in [2.24, 2.45) is 17.6 Å². The van der Waals surface area contributed by atoms with Gasteiger partial charge in [-0.05, 0) is 38.8 Å². The number of hydrogen-bond donors (Lipinski definition) is 1. The van der Waals surface area contributed by atoms with Gasteiger partial charge < -0.3 is 10.5 Å². The molecule has 1 fully saturated rings. The van der Waals surface area contributed by atoms with Gasteiger partial charge in [-0.1, -0.05) is 20.3 Å². The second-order valence-electron chi connectivity index (χ2n) is 5.43. The van der Waals surface area contributed by atoms with Gasteiger partial charge in [0.1, 0.15) is 0 Å². The summed E-state index contributed by atoms with van der Waals surface area (Å²) in [5, 5.41) is 0. The first-order valence-corrected chi connectivity index (χ1v) is 7.22. The first-order valence-electron chi connectivity index (χ1n) is 7.22. The van der Waals surface area contributed by atoms with Crippen LogP contribution < -0.4 is 5.73 Å². The third-order valence-electron chi connectivity index (χ3n) is 3.75. The van der Waals surface area contributed by atoms with Crippen LogP contribution in [0.15, 0.2) is 0 Å². The fraction of sp³-hybridized carbons (Fsp3) is 0.929. The molecule has 1 aliphatic heterocycles. The third-order valence-corrected chi connectivity index (χ3v) is 3.75. The van der Waals surface area contributed by atoms with Crippen molar-refractivity contribution in [3.05, 3.63) is 0 Å². The third kappa shape index (κ3) is 3.95. The number of piperidine rings is 1. The molecule has 2 N–H and O–H groups in total. The number of ether oxygens (including phenoxy) is 1. The largest absolute Gasteiger partial charge is 0.466 e. The summed E-state index contributed by atoms with van der Waals surface area (Å²) in [5.74, 6) is 0.0911. The molecule has 0 unspecified atom stereocenters. The smallest absolute Gasteiger partial charge is 0.311 e. The van der Waals surface area contributed by atoms with Crippen LogP contribution in [0.3, 0.4) is 0 Å². The molecule has 0 aromatic carbocycles. The molecule has 4 nitrogen and oxygen atoms in total. The van der Waals surface area contributed by atoms with Gasteiger partial charge in [0.05, 0.1) is 12.5 Å². The molecule has 1 rings (SSSR count). The van der Waals surface area contributed by atoms with Crippen molar-refractivity contribution < 1.29 is 9.53 Å². The zero-order valence-electron chi connectivity index (χ0n) is 12.0. The summed E-state index contributed by atoms with van der Waals surface area (Å²) in [6.45, 7) is 9.15. The van der Waals surface area contributed by atoms with Crippen molar-refractivity contribution in [1.82, 2.24) is 4.90 Å². The Balaban J connectivity index is 2.76. The zero-order chi connectivity index (χ0) is 13.5. The summed E-state index contributed by atoms with van der Waals surface area (Å²) in [6.07, 6.45) is 3.75. The Kier molecular flexibility index (Phi) is 6.65. The van der Waals surface area contributed by atoms with Gasteiger partial charge in [-0.15, -0.1) is 0 Å². The molecule has 18 heavy (non-hydrogen) atoms. The van der Waals surface area contributed by atoms with Crippen LogP contribution in [0.2, 0.25) is 0 Å². The van der Waals surface area contributed by atoms with Gasteiger partial charge in [-0.2, -0.15) is 0 Å². The van der Waals surface area contributed by atoms with E-state index in [-0.39, 0.29) is 17.9 Å². The average Bonchev–Trinajstić information content (AvgIpc) is 2.36. The number of hydrogen-bond acceptors (Lipinski definition) is 4. The lowest BCUT2D eigenvalue weighted by molar-refractivity contribution is -0.151. The van der Waals surface area contributed by atoms with Gasteiger partial charge in [0.25, 0.3) is 0 Å². The molecule has 4 heteroatoms. The van der Waals surface area contributed by atoms with Gasteiger partial charge in [0, 0.05) is 12.6 Å². The molecule has 0 aromatic rings. The Bertz CT molecular complexity index is 250. The predicted octanol–water partition coefficient (Wildman–Crippen LogP) is 1.63. The van der Waals surface area contributed by atoms with E-state index in [0.717, 1.165) is 13.1 Å². The van der Waals surface area contributed by atoms with Crippen LogP contribution in [0.4, 0.5) is 0 Å². The molecule has 0 spiro atoms. The summed E-state index contributed by atoms with van der Waals surface area (Å²) in [5.41, 5.74) is 5.82. The summed E-state index contributed by atoms with van der Waals surface area (Å²) >= 11 is 0. The van der Waals surface area contributed by atoms with E-state index in [1.807, 2.05) is 6.92 Å². The van der Waals surface area contributed by atoms with Gasteiger partial charge >= 0.3 is 5.97 Å². The molecular weight excluding hydrogens is 228 g/mol. The molecule has 106 valence electrons. The first kappa shape index (κ1) is 15.4. The Labute approximate surface area is 111 Å². The highest BCUT2D eigenvalue weighted by atomic mass is 16.5. The van der Waals surface area contributed by atoms with Crippen LogP contribution in [0.1, 0.15) is 40.0 Å². The number of nitrogens with two attached hydrogens (primary N) is 1. The minimum absolute atomic E-state index is 0.135. The number of nitrogens with zero attached hydrogens (tertiary/aromatic N) is 1. The van der Waals surface area contributed by atoms with E-state index in [9.17, 15) is 4.79 Å². The standard InChI is InChI=1S/C14H28N2O2/c1-4-18-14(17)12(10-15)13(11(2)3)16-8-6-5-7-9-16/h11-13H,4-10,15H2,1-3H3/t12-,13-/m1/s1. The maximum absolute atomic E-state index is 12.0. The summed E-state index contributed by atoms with van der Waals surface area (Å²) in [7, 11) is 0. The SMILES string of the molecule is CCOC(=O)[C@H](CN)[C@@H](C(C)C)N1CCCCC1. The van der Waals surface area contributed by atoms with E-state index in [2.05, 4.69) is 18.7 Å². The van der Waals surface area contributed by atoms with Crippen molar-refractivity contribution in [1.29, 1.82) is 0 Å². The minimum atomic E-state index is -0.192. The Morgan fingerprint density at radius 2 is 1.89 bits per heavy atom. The lowest BCUT2D eigenvalue weighted by atomic mass is 9.87. The summed E-state index contributed by atoms with van der Waals surface area (Å²) in [6, 6.07) is 0.217. The molecule has 1 heterocycles. The maximum atomic E-state index is 12.0. The highest BCUT2D eigenvalue weighted by Crippen LogP contribution is 2.24. The quantitative estimate of drug-likeness (QED) is 0.734. The molecule has 0 radical (unpaired) electrons. The Hall–Kier alpha value is -0.610. The molecule has 2 atom stereocenters. The Morgan fingerprint density at radius 1 is 1.28 bits per heavy atom. The summed E-state index contributed by atoms with van der Waals surface area (Å²) < 4.78 is 5.17. The fourth-order valence-corrected chi connectivity index (χ4v) is 2.98. The predicted molar refractivity (Wildman–Crippen MR) is 73.2 cm³/mol. The van der Waals surface area contributed by atoms with Crippen molar-refractivity contribution in [3.63, 3.8) is 0 Å². The van der Waals surface area contributed by atoms with E-state index >= 15 is 0 Å². The van der Waals surface area contributed by atoms with Crippen LogP contribution in [0, 0.1) is 11.8 Å². The zero-order valence-corrected chi connectivity index (χ0v) is 12.0. The molecular formula is C14H28N2O2. The van der Waals surface area contributed by atoms with Crippen LogP contribution in [0.5, 0.6) is 0 Å². The molecule has 0 bridgehead atoms. The average molecular weight is 256 g/mol. The van der Waals surface area contributed by atoms with Crippen LogP contribution in [-0.2, 0) is 9.53 Å². The molecule has 1 saturated heterocycles. The number of esters is 1. The van der Waals surface area contributed by atoms with Gasteiger partial charge in [-0.25, -0.2) is 0 Å². The lowest BCUT2D eigenvalue weighted by Gasteiger charge is -2.40. The normalized spacial score (nSPS) is 20.7. The second-order valence-corrected chi connectivity index (χ2v) is 5.43. The number of carbonyl (C=O) groups excluding carboxylic acids is 1. The van der Waals surface area contributed by atoms with Crippen molar-refractivity contribution >= 4 is 5.97 Å². The number of likely N-dealkylation sites (tertiary alicyclic amines) is 1. The lowest BCUT2D eigenvalue weighted by Crippen LogP contribution is -2.51. The van der Waals surface area contributed by atoms with Crippen LogP contribution >= 0.6 is 0 Å². The number of carbonyl (C=O) groups is 1. The Morgan fingerprint density at radius 3 is 2.33 bits per heavy atom. The van der Waals surface area contributed by atoms with Crippen molar-refractivity contribution in [2.45, 2.75) is 46.1 Å². The van der Waals surface area contributed by atoms with E-state index in [0.29, 0.717) is 19.1 Å². The maximum Gasteiger partial charge on any atom is 0.311 e.